The summed E-state index contributed by atoms with van der Waals surface area (Å²) in [6.45, 7) is 2.33. The van der Waals surface area contributed by atoms with Gasteiger partial charge in [-0.25, -0.2) is 4.79 Å². The van der Waals surface area contributed by atoms with Gasteiger partial charge in [0, 0.05) is 11.6 Å². The Kier molecular flexibility index (Phi) is 5.89. The van der Waals surface area contributed by atoms with Gasteiger partial charge in [0.2, 0.25) is 0 Å². The molecule has 0 spiro atoms. The summed E-state index contributed by atoms with van der Waals surface area (Å²) in [5.74, 6) is 0.374. The Morgan fingerprint density at radius 1 is 1.39 bits per heavy atom. The summed E-state index contributed by atoms with van der Waals surface area (Å²) in [5, 5.41) is 16.1. The topological polar surface area (TPSA) is 64.6 Å². The lowest BCUT2D eigenvalue weighted by Crippen LogP contribution is -2.54. The van der Waals surface area contributed by atoms with E-state index < -0.39 is 5.54 Å². The van der Waals surface area contributed by atoms with Crippen LogP contribution in [0, 0.1) is 5.92 Å². The van der Waals surface area contributed by atoms with Gasteiger partial charge in [-0.1, -0.05) is 23.7 Å². The number of nitrogens with one attached hydrogen (secondary N) is 2. The van der Waals surface area contributed by atoms with Crippen LogP contribution < -0.4 is 10.6 Å². The number of aliphatic hydroxyl groups is 1. The first-order valence-corrected chi connectivity index (χ1v) is 8.32. The summed E-state index contributed by atoms with van der Waals surface area (Å²) in [7, 11) is 3.95. The van der Waals surface area contributed by atoms with Crippen LogP contribution in [0.4, 0.5) is 4.79 Å². The number of carbonyl (C=O) groups is 1. The number of halogens is 1. The van der Waals surface area contributed by atoms with Crippen LogP contribution in [0.15, 0.2) is 24.3 Å². The minimum atomic E-state index is -0.530. The zero-order valence-electron chi connectivity index (χ0n) is 14.0. The highest BCUT2D eigenvalue weighted by Gasteiger charge is 2.42. The second-order valence-electron chi connectivity index (χ2n) is 6.72. The number of urea groups is 1. The maximum absolute atomic E-state index is 12.2. The molecule has 2 rings (SSSR count). The maximum Gasteiger partial charge on any atom is 0.315 e. The van der Waals surface area contributed by atoms with Crippen molar-refractivity contribution in [2.24, 2.45) is 5.92 Å². The molecule has 23 heavy (non-hydrogen) atoms. The number of hydrogen-bond donors (Lipinski definition) is 3. The van der Waals surface area contributed by atoms with Crippen molar-refractivity contribution in [3.05, 3.63) is 34.9 Å². The van der Waals surface area contributed by atoms with Crippen molar-refractivity contribution in [3.8, 4) is 0 Å². The third-order valence-corrected chi connectivity index (χ3v) is 4.79. The Bertz CT molecular complexity index is 531. The summed E-state index contributed by atoms with van der Waals surface area (Å²) < 4.78 is 0. The van der Waals surface area contributed by atoms with Gasteiger partial charge in [-0.2, -0.15) is 0 Å². The van der Waals surface area contributed by atoms with Gasteiger partial charge in [-0.3, -0.25) is 0 Å². The van der Waals surface area contributed by atoms with Crippen LogP contribution in [0.1, 0.15) is 31.4 Å². The molecule has 1 aliphatic carbocycles. The van der Waals surface area contributed by atoms with Crippen LogP contribution in [0.2, 0.25) is 5.02 Å². The first-order chi connectivity index (χ1) is 10.9. The van der Waals surface area contributed by atoms with E-state index in [1.54, 1.807) is 0 Å². The van der Waals surface area contributed by atoms with E-state index in [1.165, 1.54) is 0 Å². The van der Waals surface area contributed by atoms with Crippen LogP contribution in [-0.4, -0.2) is 48.8 Å². The minimum absolute atomic E-state index is 0.0423. The number of hydrogen-bond acceptors (Lipinski definition) is 3. The van der Waals surface area contributed by atoms with Crippen molar-refractivity contribution >= 4 is 17.6 Å². The van der Waals surface area contributed by atoms with Crippen molar-refractivity contribution in [2.45, 2.75) is 31.3 Å². The highest BCUT2D eigenvalue weighted by atomic mass is 35.5. The number of rotatable bonds is 7. The lowest BCUT2D eigenvalue weighted by molar-refractivity contribution is 0.154. The number of nitrogens with zero attached hydrogens (tertiary/aromatic N) is 1. The molecule has 1 fully saturated rings. The molecule has 2 amide bonds. The van der Waals surface area contributed by atoms with Gasteiger partial charge in [0.05, 0.1) is 18.2 Å². The Labute approximate surface area is 143 Å². The molecule has 1 saturated carbocycles. The van der Waals surface area contributed by atoms with E-state index in [9.17, 15) is 9.90 Å². The van der Waals surface area contributed by atoms with Crippen LogP contribution in [0.5, 0.6) is 0 Å². The van der Waals surface area contributed by atoms with Crippen LogP contribution in [0.3, 0.4) is 0 Å². The molecule has 1 aliphatic rings. The standard InChI is InChI=1S/C17H26ClN3O2/c1-17(11-22,13-6-7-13)20-16(23)19-10-15(21(2)3)12-4-8-14(18)9-5-12/h4-5,8-9,13,15,22H,6-7,10-11H2,1-3H3,(H2,19,20,23)/t15-,17-/m1/s1. The zero-order chi connectivity index (χ0) is 17.0. The molecule has 0 aromatic heterocycles. The van der Waals surface area contributed by atoms with E-state index in [4.69, 9.17) is 11.6 Å². The number of benzene rings is 1. The number of amides is 2. The monoisotopic (exact) mass is 339 g/mol. The first-order valence-electron chi connectivity index (χ1n) is 7.94. The molecule has 1 aromatic carbocycles. The molecule has 5 nitrogen and oxygen atoms in total. The molecule has 0 bridgehead atoms. The zero-order valence-corrected chi connectivity index (χ0v) is 14.7. The van der Waals surface area contributed by atoms with Crippen molar-refractivity contribution in [3.63, 3.8) is 0 Å². The van der Waals surface area contributed by atoms with E-state index in [-0.39, 0.29) is 18.7 Å². The van der Waals surface area contributed by atoms with Gasteiger partial charge in [0.25, 0.3) is 0 Å². The Balaban J connectivity index is 1.93. The molecular weight excluding hydrogens is 314 g/mol. The fraction of sp³-hybridized carbons (Fsp3) is 0.588. The van der Waals surface area contributed by atoms with E-state index in [2.05, 4.69) is 15.5 Å². The van der Waals surface area contributed by atoms with Crippen molar-refractivity contribution < 1.29 is 9.90 Å². The molecule has 0 radical (unpaired) electrons. The Morgan fingerprint density at radius 3 is 2.48 bits per heavy atom. The molecule has 2 atom stereocenters. The molecular formula is C17H26ClN3O2. The predicted octanol–water partition coefficient (Wildman–Crippen LogP) is 2.40. The van der Waals surface area contributed by atoms with Crippen LogP contribution in [0.25, 0.3) is 0 Å². The van der Waals surface area contributed by atoms with E-state index in [0.29, 0.717) is 17.5 Å². The summed E-state index contributed by atoms with van der Waals surface area (Å²) >= 11 is 5.93. The van der Waals surface area contributed by atoms with Gasteiger partial charge < -0.3 is 20.6 Å². The van der Waals surface area contributed by atoms with E-state index >= 15 is 0 Å². The second kappa shape index (κ2) is 7.51. The smallest absolute Gasteiger partial charge is 0.315 e. The van der Waals surface area contributed by atoms with Crippen molar-refractivity contribution in [1.29, 1.82) is 0 Å². The molecule has 1 aromatic rings. The average molecular weight is 340 g/mol. The van der Waals surface area contributed by atoms with Gasteiger partial charge >= 0.3 is 6.03 Å². The summed E-state index contributed by atoms with van der Waals surface area (Å²) in [5.41, 5.74) is 0.560. The average Bonchev–Trinajstić information content (AvgIpc) is 3.34. The fourth-order valence-electron chi connectivity index (χ4n) is 2.77. The van der Waals surface area contributed by atoms with Gasteiger partial charge in [-0.15, -0.1) is 0 Å². The summed E-state index contributed by atoms with van der Waals surface area (Å²) in [6.07, 6.45) is 2.12. The molecule has 128 valence electrons. The molecule has 0 unspecified atom stereocenters. The molecule has 6 heteroatoms. The third kappa shape index (κ3) is 4.83. The quantitative estimate of drug-likeness (QED) is 0.714. The summed E-state index contributed by atoms with van der Waals surface area (Å²) in [6, 6.07) is 7.45. The first kappa shape index (κ1) is 18.0. The minimum Gasteiger partial charge on any atom is -0.394 e. The number of likely N-dealkylation sites (N-methyl/N-ethyl adjacent to an activating group) is 1. The molecule has 0 heterocycles. The third-order valence-electron chi connectivity index (χ3n) is 4.54. The fourth-order valence-corrected chi connectivity index (χ4v) is 2.89. The molecule has 3 N–H and O–H groups in total. The number of carbonyl (C=O) groups excluding carboxylic acids is 1. The Morgan fingerprint density at radius 2 is 2.00 bits per heavy atom. The lowest BCUT2D eigenvalue weighted by atomic mass is 9.97. The lowest BCUT2D eigenvalue weighted by Gasteiger charge is -2.30. The van der Waals surface area contributed by atoms with Gasteiger partial charge in [0.15, 0.2) is 0 Å². The van der Waals surface area contributed by atoms with Crippen molar-refractivity contribution in [1.82, 2.24) is 15.5 Å². The van der Waals surface area contributed by atoms with Crippen LogP contribution in [-0.2, 0) is 0 Å². The predicted molar refractivity (Wildman–Crippen MR) is 92.6 cm³/mol. The molecule has 0 aliphatic heterocycles. The van der Waals surface area contributed by atoms with Crippen molar-refractivity contribution in [2.75, 3.05) is 27.2 Å². The van der Waals surface area contributed by atoms with Crippen LogP contribution >= 0.6 is 11.6 Å². The normalized spacial score (nSPS) is 18.3. The SMILES string of the molecule is CN(C)[C@H](CNC(=O)N[C@](C)(CO)C1CC1)c1ccc(Cl)cc1. The Hall–Kier alpha value is -1.30. The van der Waals surface area contributed by atoms with E-state index in [1.807, 2.05) is 45.3 Å². The number of aliphatic hydroxyl groups excluding tert-OH is 1. The largest absolute Gasteiger partial charge is 0.394 e. The van der Waals surface area contributed by atoms with E-state index in [0.717, 1.165) is 18.4 Å². The summed E-state index contributed by atoms with van der Waals surface area (Å²) in [4.78, 5) is 14.2. The van der Waals surface area contributed by atoms with Gasteiger partial charge in [0.1, 0.15) is 0 Å². The van der Waals surface area contributed by atoms with Gasteiger partial charge in [-0.05, 0) is 57.5 Å². The highest BCUT2D eigenvalue weighted by Crippen LogP contribution is 2.39. The second-order valence-corrected chi connectivity index (χ2v) is 7.15. The highest BCUT2D eigenvalue weighted by molar-refractivity contribution is 6.30. The maximum atomic E-state index is 12.2. The molecule has 0 saturated heterocycles.